The van der Waals surface area contributed by atoms with Crippen LogP contribution in [0.15, 0.2) is 84.9 Å². The smallest absolute Gasteiger partial charge is 0.292 e. The van der Waals surface area contributed by atoms with Crippen LogP contribution in [0, 0.1) is 0 Å². The number of piperazine rings is 1. The third kappa shape index (κ3) is 4.34. The molecule has 5 rings (SSSR count). The monoisotopic (exact) mass is 457 g/mol. The van der Waals surface area contributed by atoms with Gasteiger partial charge in [-0.3, -0.25) is 9.59 Å². The summed E-state index contributed by atoms with van der Waals surface area (Å²) < 4.78 is 5.20. The van der Waals surface area contributed by atoms with Crippen molar-refractivity contribution in [2.45, 2.75) is 18.5 Å². The Morgan fingerprint density at radius 2 is 1.35 bits per heavy atom. The number of hydrogen-bond donors (Lipinski definition) is 2. The van der Waals surface area contributed by atoms with Gasteiger partial charge in [0.05, 0.1) is 19.2 Å². The van der Waals surface area contributed by atoms with Crippen LogP contribution in [-0.4, -0.2) is 51.1 Å². The van der Waals surface area contributed by atoms with Gasteiger partial charge < -0.3 is 14.5 Å². The van der Waals surface area contributed by atoms with Crippen LogP contribution < -0.4 is 19.4 Å². The molecule has 0 saturated carbocycles. The second-order valence-corrected chi connectivity index (χ2v) is 9.09. The summed E-state index contributed by atoms with van der Waals surface area (Å²) in [6.07, 6.45) is 0.274. The van der Waals surface area contributed by atoms with Gasteiger partial charge in [0.2, 0.25) is 5.91 Å². The molecule has 2 fully saturated rings. The predicted octanol–water partition coefficient (Wildman–Crippen LogP) is 0.900. The maximum absolute atomic E-state index is 13.3. The molecule has 2 N–H and O–H groups in total. The normalized spacial score (nSPS) is 22.9. The Kier molecular flexibility index (Phi) is 6.43. The molecule has 0 radical (unpaired) electrons. The van der Waals surface area contributed by atoms with Gasteiger partial charge in [-0.1, -0.05) is 60.7 Å². The quantitative estimate of drug-likeness (QED) is 0.541. The lowest BCUT2D eigenvalue weighted by Crippen LogP contribution is -3.30. The maximum atomic E-state index is 13.3. The van der Waals surface area contributed by atoms with E-state index in [2.05, 4.69) is 60.7 Å². The number of methoxy groups -OCH3 is 1. The van der Waals surface area contributed by atoms with Crippen molar-refractivity contribution in [1.82, 2.24) is 0 Å². The van der Waals surface area contributed by atoms with Crippen molar-refractivity contribution in [1.29, 1.82) is 0 Å². The minimum atomic E-state index is -0.303. The first-order valence-corrected chi connectivity index (χ1v) is 12.0. The number of nitrogens with zero attached hydrogens (tertiary/aromatic N) is 1. The van der Waals surface area contributed by atoms with Gasteiger partial charge in [-0.25, -0.2) is 4.90 Å². The van der Waals surface area contributed by atoms with Crippen molar-refractivity contribution in [3.05, 3.63) is 96.1 Å². The number of amides is 2. The summed E-state index contributed by atoms with van der Waals surface area (Å²) in [5.41, 5.74) is 3.24. The number of hydrogen-bond acceptors (Lipinski definition) is 3. The summed E-state index contributed by atoms with van der Waals surface area (Å²) in [5.74, 6) is 0.501. The van der Waals surface area contributed by atoms with Crippen LogP contribution in [0.25, 0.3) is 0 Å². The van der Waals surface area contributed by atoms with Crippen LogP contribution >= 0.6 is 0 Å². The first kappa shape index (κ1) is 22.3. The molecule has 2 amide bonds. The molecule has 2 heterocycles. The van der Waals surface area contributed by atoms with E-state index in [0.717, 1.165) is 26.2 Å². The Bertz CT molecular complexity index is 1090. The highest BCUT2D eigenvalue weighted by Gasteiger charge is 2.47. The largest absolute Gasteiger partial charge is 0.497 e. The Balaban J connectivity index is 1.29. The molecule has 34 heavy (non-hydrogen) atoms. The van der Waals surface area contributed by atoms with Gasteiger partial charge in [0, 0.05) is 11.1 Å². The van der Waals surface area contributed by atoms with Crippen LogP contribution in [0.2, 0.25) is 0 Å². The Labute approximate surface area is 200 Å². The molecule has 3 aromatic carbocycles. The van der Waals surface area contributed by atoms with Crippen molar-refractivity contribution in [3.8, 4) is 5.75 Å². The van der Waals surface area contributed by atoms with Gasteiger partial charge in [0.15, 0.2) is 6.04 Å². The first-order valence-electron chi connectivity index (χ1n) is 12.0. The fraction of sp³-hybridized carbons (Fsp3) is 0.286. The Hall–Kier alpha value is -3.48. The van der Waals surface area contributed by atoms with E-state index in [1.54, 1.807) is 31.4 Å². The van der Waals surface area contributed by atoms with E-state index in [1.165, 1.54) is 25.8 Å². The van der Waals surface area contributed by atoms with E-state index >= 15 is 0 Å². The zero-order valence-corrected chi connectivity index (χ0v) is 19.4. The molecule has 1 atom stereocenters. The number of carbonyl (C=O) groups excluding carboxylic acids is 2. The van der Waals surface area contributed by atoms with Crippen LogP contribution in [-0.2, 0) is 9.59 Å². The molecule has 6 nitrogen and oxygen atoms in total. The minimum Gasteiger partial charge on any atom is -0.497 e. The number of ether oxygens (including phenoxy) is 1. The van der Waals surface area contributed by atoms with Gasteiger partial charge in [0.25, 0.3) is 5.91 Å². The number of carbonyl (C=O) groups is 2. The van der Waals surface area contributed by atoms with Crippen molar-refractivity contribution in [2.24, 2.45) is 0 Å². The maximum Gasteiger partial charge on any atom is 0.292 e. The van der Waals surface area contributed by atoms with Crippen LogP contribution in [0.1, 0.15) is 23.6 Å². The summed E-state index contributed by atoms with van der Waals surface area (Å²) in [6, 6.07) is 28.4. The highest BCUT2D eigenvalue weighted by Crippen LogP contribution is 2.24. The third-order valence-corrected chi connectivity index (χ3v) is 7.18. The average molecular weight is 458 g/mol. The fourth-order valence-corrected chi connectivity index (χ4v) is 5.44. The highest BCUT2D eigenvalue weighted by atomic mass is 16.5. The van der Waals surface area contributed by atoms with E-state index in [0.29, 0.717) is 11.4 Å². The summed E-state index contributed by atoms with van der Waals surface area (Å²) >= 11 is 0. The molecule has 0 aromatic heterocycles. The van der Waals surface area contributed by atoms with Gasteiger partial charge in [0.1, 0.15) is 38.0 Å². The van der Waals surface area contributed by atoms with E-state index in [-0.39, 0.29) is 30.3 Å². The lowest BCUT2D eigenvalue weighted by molar-refractivity contribution is -1.03. The molecule has 2 aliphatic rings. The molecular weight excluding hydrogens is 426 g/mol. The SMILES string of the molecule is COc1ccc(N2C(=O)C[C@@H]([NH+]3CC[NH+](C(c4ccccc4)c4ccccc4)CC3)C2=O)cc1. The van der Waals surface area contributed by atoms with E-state index in [9.17, 15) is 9.59 Å². The van der Waals surface area contributed by atoms with Gasteiger partial charge in [-0.15, -0.1) is 0 Å². The Morgan fingerprint density at radius 3 is 1.88 bits per heavy atom. The minimum absolute atomic E-state index is 0.0868. The lowest BCUT2D eigenvalue weighted by Gasteiger charge is -2.36. The number of imide groups is 1. The molecule has 0 bridgehead atoms. The average Bonchev–Trinajstić information content (AvgIpc) is 3.19. The molecule has 3 aromatic rings. The van der Waals surface area contributed by atoms with Crippen molar-refractivity contribution < 1.29 is 24.1 Å². The molecule has 2 aliphatic heterocycles. The molecular formula is C28H31N3O3+2. The fourth-order valence-electron chi connectivity index (χ4n) is 5.44. The van der Waals surface area contributed by atoms with Gasteiger partial charge in [-0.2, -0.15) is 0 Å². The zero-order valence-electron chi connectivity index (χ0n) is 19.4. The van der Waals surface area contributed by atoms with E-state index in [4.69, 9.17) is 4.74 Å². The second kappa shape index (κ2) is 9.79. The second-order valence-electron chi connectivity index (χ2n) is 9.09. The number of nitrogens with one attached hydrogen (secondary N) is 2. The predicted molar refractivity (Wildman–Crippen MR) is 130 cm³/mol. The topological polar surface area (TPSA) is 55.5 Å². The number of quaternary nitrogens is 2. The third-order valence-electron chi connectivity index (χ3n) is 7.18. The molecule has 0 aliphatic carbocycles. The molecule has 0 spiro atoms. The number of rotatable bonds is 6. The molecule has 6 heteroatoms. The van der Waals surface area contributed by atoms with Gasteiger partial charge >= 0.3 is 0 Å². The number of anilines is 1. The molecule has 174 valence electrons. The summed E-state index contributed by atoms with van der Waals surface area (Å²) in [7, 11) is 1.60. The van der Waals surface area contributed by atoms with Crippen LogP contribution in [0.3, 0.4) is 0 Å². The standard InChI is InChI=1S/C28H29N3O3/c1-34-24-14-12-23(13-15-24)31-26(32)20-25(28(31)33)29-16-18-30(19-17-29)27(21-8-4-2-5-9-21)22-10-6-3-7-11-22/h2-15,25,27H,16-20H2,1H3/p+2/t25-/m1/s1. The number of benzene rings is 3. The van der Waals surface area contributed by atoms with Crippen molar-refractivity contribution >= 4 is 17.5 Å². The van der Waals surface area contributed by atoms with Crippen LogP contribution in [0.5, 0.6) is 5.75 Å². The van der Waals surface area contributed by atoms with E-state index in [1.807, 2.05) is 0 Å². The molecule has 2 saturated heterocycles. The summed E-state index contributed by atoms with van der Waals surface area (Å²) in [6.45, 7) is 3.63. The lowest BCUT2D eigenvalue weighted by atomic mass is 9.96. The zero-order chi connectivity index (χ0) is 23.5. The molecule has 0 unspecified atom stereocenters. The van der Waals surface area contributed by atoms with Crippen molar-refractivity contribution in [2.75, 3.05) is 38.2 Å². The highest BCUT2D eigenvalue weighted by molar-refractivity contribution is 6.21. The Morgan fingerprint density at radius 1 is 0.794 bits per heavy atom. The summed E-state index contributed by atoms with van der Waals surface area (Å²) in [4.78, 5) is 30.1. The van der Waals surface area contributed by atoms with Crippen molar-refractivity contribution in [3.63, 3.8) is 0 Å². The van der Waals surface area contributed by atoms with Crippen LogP contribution in [0.4, 0.5) is 5.69 Å². The van der Waals surface area contributed by atoms with E-state index < -0.39 is 0 Å². The van der Waals surface area contributed by atoms with Gasteiger partial charge in [-0.05, 0) is 24.3 Å². The summed E-state index contributed by atoms with van der Waals surface area (Å²) in [5, 5.41) is 0. The first-order chi connectivity index (χ1) is 16.7.